The van der Waals surface area contributed by atoms with E-state index in [0.29, 0.717) is 18.4 Å². The molecule has 4 heterocycles. The van der Waals surface area contributed by atoms with E-state index in [2.05, 4.69) is 15.6 Å². The Bertz CT molecular complexity index is 1200. The van der Waals surface area contributed by atoms with Gasteiger partial charge < -0.3 is 24.8 Å². The number of nitrogens with zero attached hydrogens (tertiary/aromatic N) is 4. The number of aromatic nitrogens is 3. The molecule has 36 heavy (non-hydrogen) atoms. The molecule has 2 aromatic rings. The molecular weight excluding hydrogens is 466 g/mol. The minimum absolute atomic E-state index is 0.0443. The van der Waals surface area contributed by atoms with Crippen LogP contribution < -0.4 is 5.32 Å². The van der Waals surface area contributed by atoms with Crippen LogP contribution in [-0.4, -0.2) is 79.3 Å². The molecule has 0 aliphatic carbocycles. The van der Waals surface area contributed by atoms with Crippen molar-refractivity contribution < 1.29 is 29.0 Å². The van der Waals surface area contributed by atoms with Crippen LogP contribution in [0.4, 0.5) is 0 Å². The zero-order valence-electron chi connectivity index (χ0n) is 21.0. The molecule has 194 valence electrons. The number of carbonyl (C=O) groups is 3. The third-order valence-electron chi connectivity index (χ3n) is 8.14. The molecule has 2 unspecified atom stereocenters. The van der Waals surface area contributed by atoms with Gasteiger partial charge in [-0.3, -0.25) is 14.4 Å². The minimum Gasteiger partial charge on any atom is -0.466 e. The van der Waals surface area contributed by atoms with Crippen molar-refractivity contribution >= 4 is 28.8 Å². The summed E-state index contributed by atoms with van der Waals surface area (Å²) in [5.74, 6) is -3.05. The first-order chi connectivity index (χ1) is 17.2. The maximum Gasteiger partial charge on any atom is 0.312 e. The summed E-state index contributed by atoms with van der Waals surface area (Å²) in [6.07, 6.45) is 0.976. The molecular formula is C25H33N5O6. The predicted molar refractivity (Wildman–Crippen MR) is 127 cm³/mol. The summed E-state index contributed by atoms with van der Waals surface area (Å²) in [5, 5.41) is 21.4. The van der Waals surface area contributed by atoms with Crippen LogP contribution in [0, 0.1) is 17.8 Å². The summed E-state index contributed by atoms with van der Waals surface area (Å²) < 4.78 is 13.4. The lowest BCUT2D eigenvalue weighted by molar-refractivity contribution is -0.160. The second kappa shape index (κ2) is 8.81. The smallest absolute Gasteiger partial charge is 0.312 e. The maximum absolute atomic E-state index is 14.0. The van der Waals surface area contributed by atoms with Gasteiger partial charge in [-0.2, -0.15) is 0 Å². The number of nitrogens with one attached hydrogen (secondary N) is 1. The molecule has 0 radical (unpaired) electrons. The lowest BCUT2D eigenvalue weighted by Crippen LogP contribution is -2.59. The van der Waals surface area contributed by atoms with Crippen molar-refractivity contribution in [3.63, 3.8) is 0 Å². The standard InChI is InChI=1S/C25H33N5O6/c1-5-35-23(34)19-18-22(33)30(17(12-31)14(2)3)20(25(18)11-10-24(19,4)36-25)21(32)26-13-29-16-9-7-6-8-15(16)27-28-29/h6-9,14,17-20,31H,5,10-13H2,1-4H3,(H,26,32)/t17-,18-,19-,20?,24+,25?/m0/s1. The van der Waals surface area contributed by atoms with Gasteiger partial charge in [-0.15, -0.1) is 5.10 Å². The number of benzene rings is 1. The zero-order chi connectivity index (χ0) is 25.8. The maximum atomic E-state index is 14.0. The van der Waals surface area contributed by atoms with E-state index in [0.717, 1.165) is 5.52 Å². The number of para-hydroxylation sites is 1. The molecule has 1 aromatic heterocycles. The van der Waals surface area contributed by atoms with Crippen LogP contribution in [0.15, 0.2) is 24.3 Å². The Kier molecular flexibility index (Phi) is 6.03. The fraction of sp³-hybridized carbons (Fsp3) is 0.640. The summed E-state index contributed by atoms with van der Waals surface area (Å²) in [6.45, 7) is 7.23. The van der Waals surface area contributed by atoms with Crippen molar-refractivity contribution in [1.29, 1.82) is 0 Å². The molecule has 1 spiro atoms. The number of aliphatic hydroxyl groups is 1. The topological polar surface area (TPSA) is 136 Å². The number of ether oxygens (including phenoxy) is 2. The first-order valence-electron chi connectivity index (χ1n) is 12.5. The van der Waals surface area contributed by atoms with Crippen LogP contribution in [0.1, 0.15) is 40.5 Å². The van der Waals surface area contributed by atoms with Gasteiger partial charge in [-0.1, -0.05) is 31.2 Å². The van der Waals surface area contributed by atoms with E-state index in [9.17, 15) is 19.5 Å². The highest BCUT2D eigenvalue weighted by atomic mass is 16.6. The molecule has 6 atom stereocenters. The van der Waals surface area contributed by atoms with Crippen molar-refractivity contribution in [3.05, 3.63) is 24.3 Å². The van der Waals surface area contributed by atoms with Gasteiger partial charge >= 0.3 is 5.97 Å². The van der Waals surface area contributed by atoms with E-state index < -0.39 is 47.0 Å². The summed E-state index contributed by atoms with van der Waals surface area (Å²) in [7, 11) is 0. The molecule has 3 aliphatic rings. The molecule has 2 bridgehead atoms. The van der Waals surface area contributed by atoms with E-state index in [1.807, 2.05) is 45.0 Å². The Morgan fingerprint density at radius 2 is 2.06 bits per heavy atom. The van der Waals surface area contributed by atoms with Gasteiger partial charge in [0.2, 0.25) is 11.8 Å². The van der Waals surface area contributed by atoms with Crippen LogP contribution in [-0.2, 0) is 30.5 Å². The fourth-order valence-corrected chi connectivity index (χ4v) is 6.51. The van der Waals surface area contributed by atoms with Crippen LogP contribution in [0.3, 0.4) is 0 Å². The van der Waals surface area contributed by atoms with Crippen LogP contribution in [0.2, 0.25) is 0 Å². The molecule has 3 fully saturated rings. The number of carbonyl (C=O) groups excluding carboxylic acids is 3. The Balaban J connectivity index is 1.51. The summed E-state index contributed by atoms with van der Waals surface area (Å²) in [6, 6.07) is 5.79. The normalized spacial score (nSPS) is 31.8. The average Bonchev–Trinajstić information content (AvgIpc) is 3.54. The highest BCUT2D eigenvalue weighted by molar-refractivity contribution is 5.98. The molecule has 5 rings (SSSR count). The number of rotatable bonds is 8. The molecule has 2 N–H and O–H groups in total. The van der Waals surface area contributed by atoms with Crippen LogP contribution >= 0.6 is 0 Å². The predicted octanol–water partition coefficient (Wildman–Crippen LogP) is 0.850. The van der Waals surface area contributed by atoms with Gasteiger partial charge in [0.05, 0.1) is 36.3 Å². The van der Waals surface area contributed by atoms with E-state index in [-0.39, 0.29) is 31.7 Å². The van der Waals surface area contributed by atoms with Gasteiger partial charge in [-0.05, 0) is 44.7 Å². The second-order valence-corrected chi connectivity index (χ2v) is 10.5. The summed E-state index contributed by atoms with van der Waals surface area (Å²) in [4.78, 5) is 42.3. The van der Waals surface area contributed by atoms with Crippen molar-refractivity contribution in [1.82, 2.24) is 25.2 Å². The third-order valence-corrected chi connectivity index (χ3v) is 8.14. The first kappa shape index (κ1) is 24.6. The van der Waals surface area contributed by atoms with E-state index in [4.69, 9.17) is 9.47 Å². The molecule has 3 saturated heterocycles. The summed E-state index contributed by atoms with van der Waals surface area (Å²) in [5.41, 5.74) is -0.617. The Labute approximate surface area is 209 Å². The Morgan fingerprint density at radius 3 is 2.75 bits per heavy atom. The average molecular weight is 500 g/mol. The van der Waals surface area contributed by atoms with Crippen LogP contribution in [0.5, 0.6) is 0 Å². The quantitative estimate of drug-likeness (QED) is 0.510. The van der Waals surface area contributed by atoms with E-state index in [1.54, 1.807) is 11.6 Å². The second-order valence-electron chi connectivity index (χ2n) is 10.5. The summed E-state index contributed by atoms with van der Waals surface area (Å²) >= 11 is 0. The molecule has 3 aliphatic heterocycles. The number of esters is 1. The van der Waals surface area contributed by atoms with Crippen molar-refractivity contribution in [3.8, 4) is 0 Å². The highest BCUT2D eigenvalue weighted by Gasteiger charge is 2.78. The lowest BCUT2D eigenvalue weighted by atomic mass is 9.66. The minimum atomic E-state index is -1.18. The van der Waals surface area contributed by atoms with Crippen molar-refractivity contribution in [2.24, 2.45) is 17.8 Å². The van der Waals surface area contributed by atoms with E-state index >= 15 is 0 Å². The van der Waals surface area contributed by atoms with Gasteiger partial charge in [0.15, 0.2) is 0 Å². The van der Waals surface area contributed by atoms with Crippen molar-refractivity contribution in [2.45, 2.75) is 70.5 Å². The van der Waals surface area contributed by atoms with Gasteiger partial charge in [0, 0.05) is 0 Å². The fourth-order valence-electron chi connectivity index (χ4n) is 6.51. The van der Waals surface area contributed by atoms with Gasteiger partial charge in [0.25, 0.3) is 0 Å². The number of hydrogen-bond acceptors (Lipinski definition) is 8. The molecule has 1 aromatic carbocycles. The number of hydrogen-bond donors (Lipinski definition) is 2. The van der Waals surface area contributed by atoms with Crippen LogP contribution in [0.25, 0.3) is 11.0 Å². The van der Waals surface area contributed by atoms with Crippen molar-refractivity contribution in [2.75, 3.05) is 13.2 Å². The Morgan fingerprint density at radius 1 is 1.31 bits per heavy atom. The molecule has 2 amide bonds. The van der Waals surface area contributed by atoms with E-state index in [1.165, 1.54) is 4.90 Å². The highest BCUT2D eigenvalue weighted by Crippen LogP contribution is 2.63. The molecule has 11 heteroatoms. The number of likely N-dealkylation sites (tertiary alicyclic amines) is 1. The zero-order valence-corrected chi connectivity index (χ0v) is 21.0. The molecule has 0 saturated carbocycles. The molecule has 11 nitrogen and oxygen atoms in total. The number of aliphatic hydroxyl groups excluding tert-OH is 1. The number of fused-ring (bicyclic) bond motifs is 2. The number of amides is 2. The largest absolute Gasteiger partial charge is 0.466 e. The first-order valence-corrected chi connectivity index (χ1v) is 12.5. The SMILES string of the molecule is CCOC(=O)[C@@H]1[C@H]2C(=O)N([C@@H](CO)C(C)C)C(C(=O)NCn3nnc4ccccc43)C23CC[C@@]1(C)O3. The Hall–Kier alpha value is -3.05. The third kappa shape index (κ3) is 3.43. The lowest BCUT2D eigenvalue weighted by Gasteiger charge is -2.38. The van der Waals surface area contributed by atoms with Gasteiger partial charge in [0.1, 0.15) is 29.7 Å². The monoisotopic (exact) mass is 499 g/mol. The van der Waals surface area contributed by atoms with Gasteiger partial charge in [-0.25, -0.2) is 4.68 Å².